The van der Waals surface area contributed by atoms with E-state index in [1.165, 1.54) is 17.6 Å². The maximum Gasteiger partial charge on any atom is 0.269 e. The molecule has 0 aliphatic heterocycles. The van der Waals surface area contributed by atoms with Gasteiger partial charge >= 0.3 is 0 Å². The number of carbonyl (C=O) groups is 1. The van der Waals surface area contributed by atoms with Gasteiger partial charge in [0.05, 0.1) is 12.8 Å². The molecule has 8 nitrogen and oxygen atoms in total. The van der Waals surface area contributed by atoms with E-state index in [0.29, 0.717) is 22.8 Å². The predicted octanol–water partition coefficient (Wildman–Crippen LogP) is 4.66. The van der Waals surface area contributed by atoms with E-state index in [1.54, 1.807) is 48.7 Å². The van der Waals surface area contributed by atoms with Gasteiger partial charge in [-0.3, -0.25) is 14.0 Å². The first-order chi connectivity index (χ1) is 16.9. The smallest absolute Gasteiger partial charge is 0.269 e. The van der Waals surface area contributed by atoms with Crippen LogP contribution in [-0.4, -0.2) is 22.4 Å². The Labute approximate surface area is 201 Å². The fourth-order valence-electron chi connectivity index (χ4n) is 3.50. The van der Waals surface area contributed by atoms with Crippen LogP contribution in [0.25, 0.3) is 11.7 Å². The van der Waals surface area contributed by atoms with Gasteiger partial charge in [0.25, 0.3) is 11.5 Å². The van der Waals surface area contributed by atoms with Crippen LogP contribution in [0.2, 0.25) is 0 Å². The van der Waals surface area contributed by atoms with Crippen molar-refractivity contribution in [2.24, 2.45) is 0 Å². The lowest BCUT2D eigenvalue weighted by Crippen LogP contribution is -2.21. The van der Waals surface area contributed by atoms with Crippen molar-refractivity contribution < 1.29 is 14.3 Å². The molecule has 0 atom stereocenters. The molecule has 8 heteroatoms. The summed E-state index contributed by atoms with van der Waals surface area (Å²) in [5.41, 5.74) is 1.62. The van der Waals surface area contributed by atoms with Gasteiger partial charge in [0.2, 0.25) is 5.88 Å². The Balaban J connectivity index is 1.85. The molecule has 0 aliphatic rings. The number of ether oxygens (including phenoxy) is 2. The SMILES string of the molecule is COc1ccccc1NC(=O)/C(C#N)=C\c1c(Oc2ccccc2C)nc2c(C)cccn2c1=O. The second kappa shape index (κ2) is 9.93. The van der Waals surface area contributed by atoms with Gasteiger partial charge in [-0.25, -0.2) is 0 Å². The number of nitrogens with zero attached hydrogens (tertiary/aromatic N) is 3. The summed E-state index contributed by atoms with van der Waals surface area (Å²) in [4.78, 5) is 31.0. The number of hydrogen-bond acceptors (Lipinski definition) is 6. The molecule has 174 valence electrons. The number of para-hydroxylation sites is 3. The molecule has 0 fully saturated rings. The summed E-state index contributed by atoms with van der Waals surface area (Å²) < 4.78 is 12.6. The highest BCUT2D eigenvalue weighted by Gasteiger charge is 2.19. The molecular weight excluding hydrogens is 444 g/mol. The predicted molar refractivity (Wildman–Crippen MR) is 133 cm³/mol. The highest BCUT2D eigenvalue weighted by Crippen LogP contribution is 2.28. The molecule has 2 aromatic carbocycles. The fourth-order valence-corrected chi connectivity index (χ4v) is 3.50. The molecule has 1 amide bonds. The quantitative estimate of drug-likeness (QED) is 0.327. The third kappa shape index (κ3) is 4.75. The van der Waals surface area contributed by atoms with Gasteiger partial charge in [0.1, 0.15) is 34.4 Å². The van der Waals surface area contributed by atoms with Crippen molar-refractivity contribution in [2.45, 2.75) is 13.8 Å². The van der Waals surface area contributed by atoms with Crippen molar-refractivity contribution in [3.63, 3.8) is 0 Å². The summed E-state index contributed by atoms with van der Waals surface area (Å²) in [7, 11) is 1.48. The van der Waals surface area contributed by atoms with E-state index in [2.05, 4.69) is 10.3 Å². The van der Waals surface area contributed by atoms with Crippen LogP contribution < -0.4 is 20.3 Å². The zero-order valence-electron chi connectivity index (χ0n) is 19.4. The zero-order valence-corrected chi connectivity index (χ0v) is 19.4. The number of aryl methyl sites for hydroxylation is 2. The van der Waals surface area contributed by atoms with Gasteiger partial charge in [0.15, 0.2) is 0 Å². The van der Waals surface area contributed by atoms with Crippen molar-refractivity contribution >= 4 is 23.3 Å². The van der Waals surface area contributed by atoms with E-state index in [9.17, 15) is 14.9 Å². The second-order valence-corrected chi connectivity index (χ2v) is 7.71. The third-order valence-electron chi connectivity index (χ3n) is 5.36. The Morgan fingerprint density at radius 1 is 1.03 bits per heavy atom. The van der Waals surface area contributed by atoms with E-state index >= 15 is 0 Å². The molecular formula is C27H22N4O4. The number of nitrogens with one attached hydrogen (secondary N) is 1. The van der Waals surface area contributed by atoms with Crippen molar-refractivity contribution in [2.75, 3.05) is 12.4 Å². The number of anilines is 1. The Bertz CT molecular complexity index is 1560. The molecule has 4 rings (SSSR count). The largest absolute Gasteiger partial charge is 0.495 e. The number of pyridine rings is 1. The summed E-state index contributed by atoms with van der Waals surface area (Å²) >= 11 is 0. The lowest BCUT2D eigenvalue weighted by Gasteiger charge is -2.13. The van der Waals surface area contributed by atoms with E-state index in [0.717, 1.165) is 11.1 Å². The van der Waals surface area contributed by atoms with E-state index in [-0.39, 0.29) is 17.0 Å². The summed E-state index contributed by atoms with van der Waals surface area (Å²) in [5.74, 6) is 0.234. The van der Waals surface area contributed by atoms with Crippen molar-refractivity contribution in [3.8, 4) is 23.4 Å². The van der Waals surface area contributed by atoms with Gasteiger partial charge < -0.3 is 14.8 Å². The highest BCUT2D eigenvalue weighted by atomic mass is 16.5. The molecule has 2 heterocycles. The van der Waals surface area contributed by atoms with Gasteiger partial charge in [-0.1, -0.05) is 36.4 Å². The van der Waals surface area contributed by atoms with E-state index in [4.69, 9.17) is 9.47 Å². The second-order valence-electron chi connectivity index (χ2n) is 7.71. The number of fused-ring (bicyclic) bond motifs is 1. The zero-order chi connectivity index (χ0) is 24.9. The molecule has 0 saturated carbocycles. The Kier molecular flexibility index (Phi) is 6.60. The molecule has 1 N–H and O–H groups in total. The number of amides is 1. The number of rotatable bonds is 6. The average Bonchev–Trinajstić information content (AvgIpc) is 2.86. The average molecular weight is 466 g/mol. The van der Waals surface area contributed by atoms with E-state index in [1.807, 2.05) is 38.1 Å². The van der Waals surface area contributed by atoms with Crippen LogP contribution in [0.5, 0.6) is 17.4 Å². The monoisotopic (exact) mass is 466 g/mol. The number of aromatic nitrogens is 2. The molecule has 0 aliphatic carbocycles. The summed E-state index contributed by atoms with van der Waals surface area (Å²) in [5, 5.41) is 12.4. The first kappa shape index (κ1) is 23.3. The lowest BCUT2D eigenvalue weighted by molar-refractivity contribution is -0.112. The number of carbonyl (C=O) groups excluding carboxylic acids is 1. The third-order valence-corrected chi connectivity index (χ3v) is 5.36. The summed E-state index contributed by atoms with van der Waals surface area (Å²) in [6, 6.07) is 19.5. The molecule has 2 aromatic heterocycles. The topological polar surface area (TPSA) is 106 Å². The number of benzene rings is 2. The number of methoxy groups -OCH3 is 1. The van der Waals surface area contributed by atoms with E-state index < -0.39 is 11.5 Å². The van der Waals surface area contributed by atoms with Crippen molar-refractivity contribution in [1.82, 2.24) is 9.38 Å². The minimum absolute atomic E-state index is 0.00329. The van der Waals surface area contributed by atoms with Crippen LogP contribution in [0.15, 0.2) is 77.2 Å². The molecule has 0 radical (unpaired) electrons. The molecule has 0 bridgehead atoms. The lowest BCUT2D eigenvalue weighted by atomic mass is 10.1. The highest BCUT2D eigenvalue weighted by molar-refractivity contribution is 6.10. The molecule has 35 heavy (non-hydrogen) atoms. The normalized spacial score (nSPS) is 11.1. The minimum Gasteiger partial charge on any atom is -0.495 e. The number of hydrogen-bond donors (Lipinski definition) is 1. The van der Waals surface area contributed by atoms with Gasteiger partial charge in [-0.15, -0.1) is 0 Å². The molecule has 0 saturated heterocycles. The number of nitriles is 1. The van der Waals surface area contributed by atoms with Crippen LogP contribution in [0, 0.1) is 25.2 Å². The van der Waals surface area contributed by atoms with Crippen LogP contribution in [0.3, 0.4) is 0 Å². The molecule has 4 aromatic rings. The molecule has 0 unspecified atom stereocenters. The van der Waals surface area contributed by atoms with Crippen molar-refractivity contribution in [1.29, 1.82) is 5.26 Å². The van der Waals surface area contributed by atoms with Crippen LogP contribution in [0.1, 0.15) is 16.7 Å². The van der Waals surface area contributed by atoms with Crippen LogP contribution >= 0.6 is 0 Å². The first-order valence-electron chi connectivity index (χ1n) is 10.7. The fraction of sp³-hybridized carbons (Fsp3) is 0.111. The van der Waals surface area contributed by atoms with Crippen LogP contribution in [-0.2, 0) is 4.79 Å². The van der Waals surface area contributed by atoms with Crippen LogP contribution in [0.4, 0.5) is 5.69 Å². The standard InChI is InChI=1S/C27H22N4O4/c1-17-9-4-6-12-22(17)35-26-20(27(33)31-14-8-10-18(2)24(31)30-26)15-19(16-28)25(32)29-21-11-5-7-13-23(21)34-3/h4-15H,1-3H3,(H,29,32)/b19-15-. The minimum atomic E-state index is -0.701. The van der Waals surface area contributed by atoms with Gasteiger partial charge in [0, 0.05) is 6.20 Å². The van der Waals surface area contributed by atoms with Crippen molar-refractivity contribution in [3.05, 3.63) is 99.5 Å². The maximum atomic E-state index is 13.4. The Morgan fingerprint density at radius 2 is 1.71 bits per heavy atom. The molecule has 0 spiro atoms. The Morgan fingerprint density at radius 3 is 2.43 bits per heavy atom. The van der Waals surface area contributed by atoms with Gasteiger partial charge in [-0.05, 0) is 55.3 Å². The maximum absolute atomic E-state index is 13.4. The van der Waals surface area contributed by atoms with Gasteiger partial charge in [-0.2, -0.15) is 10.2 Å². The summed E-state index contributed by atoms with van der Waals surface area (Å²) in [6.45, 7) is 3.70. The summed E-state index contributed by atoms with van der Waals surface area (Å²) in [6.07, 6.45) is 2.77. The Hall–Kier alpha value is -4.90. The first-order valence-corrected chi connectivity index (χ1v) is 10.7.